The summed E-state index contributed by atoms with van der Waals surface area (Å²) >= 11 is 1.81. The van der Waals surface area contributed by atoms with Gasteiger partial charge in [-0.25, -0.2) is 0 Å². The van der Waals surface area contributed by atoms with E-state index >= 15 is 0 Å². The number of aliphatic imine (C=N–C) groups is 1. The van der Waals surface area contributed by atoms with Crippen LogP contribution in [0.5, 0.6) is 11.5 Å². The van der Waals surface area contributed by atoms with Crippen molar-refractivity contribution >= 4 is 17.7 Å². The Bertz CT molecular complexity index is 519. The fourth-order valence-electron chi connectivity index (χ4n) is 1.88. The van der Waals surface area contributed by atoms with Crippen molar-refractivity contribution in [1.29, 1.82) is 0 Å². The van der Waals surface area contributed by atoms with Gasteiger partial charge < -0.3 is 20.5 Å². The number of thioether (sulfide) groups is 1. The van der Waals surface area contributed by atoms with Crippen LogP contribution in [0.1, 0.15) is 26.3 Å². The van der Waals surface area contributed by atoms with Crippen LogP contribution >= 0.6 is 11.8 Å². The van der Waals surface area contributed by atoms with Crippen LogP contribution in [0, 0.1) is 0 Å². The van der Waals surface area contributed by atoms with Crippen LogP contribution in [-0.4, -0.2) is 48.8 Å². The Morgan fingerprint density at radius 1 is 1.35 bits per heavy atom. The molecule has 0 aliphatic rings. The maximum atomic E-state index is 9.62. The molecule has 0 unspecified atom stereocenters. The predicted octanol–water partition coefficient (Wildman–Crippen LogP) is 2.64. The second kappa shape index (κ2) is 9.55. The fourth-order valence-corrected chi connectivity index (χ4v) is 2.07. The van der Waals surface area contributed by atoms with Crippen molar-refractivity contribution in [2.75, 3.05) is 33.0 Å². The molecule has 1 aromatic carbocycles. The Balaban J connectivity index is 2.57. The van der Waals surface area contributed by atoms with E-state index in [0.717, 1.165) is 37.6 Å². The summed E-state index contributed by atoms with van der Waals surface area (Å²) in [6, 6.07) is 5.42. The lowest BCUT2D eigenvalue weighted by atomic mass is 10.1. The van der Waals surface area contributed by atoms with Gasteiger partial charge in [-0.15, -0.1) is 0 Å². The maximum absolute atomic E-state index is 9.62. The molecule has 0 aliphatic carbocycles. The number of phenolic OH excluding ortho intramolecular Hbond substituents is 1. The molecule has 0 heterocycles. The molecule has 0 spiro atoms. The molecule has 0 amide bonds. The first-order valence-electron chi connectivity index (χ1n) is 7.85. The molecule has 23 heavy (non-hydrogen) atoms. The van der Waals surface area contributed by atoms with Crippen LogP contribution in [0.25, 0.3) is 0 Å². The summed E-state index contributed by atoms with van der Waals surface area (Å²) in [6.45, 7) is 8.79. The molecule has 1 rings (SSSR count). The third-order valence-electron chi connectivity index (χ3n) is 3.47. The summed E-state index contributed by atoms with van der Waals surface area (Å²) in [6.07, 6.45) is 2.93. The number of hydrogen-bond donors (Lipinski definition) is 3. The van der Waals surface area contributed by atoms with E-state index in [2.05, 4.69) is 42.7 Å². The number of phenols is 1. The molecule has 0 radical (unpaired) electrons. The molecule has 0 aliphatic heterocycles. The van der Waals surface area contributed by atoms with E-state index in [0.29, 0.717) is 5.75 Å². The predicted molar refractivity (Wildman–Crippen MR) is 99.9 cm³/mol. The van der Waals surface area contributed by atoms with E-state index in [-0.39, 0.29) is 10.5 Å². The van der Waals surface area contributed by atoms with Crippen LogP contribution in [-0.2, 0) is 6.42 Å². The summed E-state index contributed by atoms with van der Waals surface area (Å²) in [7, 11) is 1.56. The molecular weight excluding hydrogens is 310 g/mol. The SMILES string of the molecule is CCNC(=NCC(C)(C)SC)NCCc1ccc(O)c(OC)c1. The monoisotopic (exact) mass is 339 g/mol. The fraction of sp³-hybridized carbons (Fsp3) is 0.588. The number of nitrogens with zero attached hydrogens (tertiary/aromatic N) is 1. The van der Waals surface area contributed by atoms with Gasteiger partial charge in [-0.05, 0) is 51.1 Å². The Morgan fingerprint density at radius 3 is 2.70 bits per heavy atom. The zero-order valence-electron chi connectivity index (χ0n) is 14.8. The van der Waals surface area contributed by atoms with E-state index in [9.17, 15) is 5.11 Å². The topological polar surface area (TPSA) is 65.9 Å². The lowest BCUT2D eigenvalue weighted by molar-refractivity contribution is 0.373. The molecule has 3 N–H and O–H groups in total. The molecule has 0 saturated heterocycles. The van der Waals surface area contributed by atoms with Crippen molar-refractivity contribution in [2.24, 2.45) is 4.99 Å². The first-order valence-corrected chi connectivity index (χ1v) is 9.07. The van der Waals surface area contributed by atoms with Gasteiger partial charge in [0.05, 0.1) is 13.7 Å². The minimum atomic E-state index is 0.132. The third-order valence-corrected chi connectivity index (χ3v) is 4.70. The van der Waals surface area contributed by atoms with Crippen molar-refractivity contribution < 1.29 is 9.84 Å². The van der Waals surface area contributed by atoms with Crippen LogP contribution in [0.15, 0.2) is 23.2 Å². The van der Waals surface area contributed by atoms with E-state index in [4.69, 9.17) is 4.74 Å². The zero-order valence-corrected chi connectivity index (χ0v) is 15.6. The zero-order chi connectivity index (χ0) is 17.3. The van der Waals surface area contributed by atoms with Gasteiger partial charge in [0, 0.05) is 17.8 Å². The Morgan fingerprint density at radius 2 is 2.09 bits per heavy atom. The second-order valence-corrected chi connectivity index (χ2v) is 7.36. The minimum Gasteiger partial charge on any atom is -0.504 e. The van der Waals surface area contributed by atoms with Crippen molar-refractivity contribution in [3.05, 3.63) is 23.8 Å². The normalized spacial score (nSPS) is 12.1. The number of rotatable bonds is 8. The Kier molecular flexibility index (Phi) is 8.09. The molecule has 0 atom stereocenters. The van der Waals surface area contributed by atoms with Gasteiger partial charge in [0.1, 0.15) is 0 Å². The molecule has 130 valence electrons. The van der Waals surface area contributed by atoms with Gasteiger partial charge >= 0.3 is 0 Å². The highest BCUT2D eigenvalue weighted by molar-refractivity contribution is 7.99. The summed E-state index contributed by atoms with van der Waals surface area (Å²) in [4.78, 5) is 4.64. The highest BCUT2D eigenvalue weighted by atomic mass is 32.2. The quantitative estimate of drug-likeness (QED) is 0.502. The van der Waals surface area contributed by atoms with E-state index in [1.54, 1.807) is 13.2 Å². The molecule has 1 aromatic rings. The van der Waals surface area contributed by atoms with Crippen LogP contribution < -0.4 is 15.4 Å². The van der Waals surface area contributed by atoms with Gasteiger partial charge in [0.2, 0.25) is 0 Å². The molecular formula is C17H29N3O2S. The minimum absolute atomic E-state index is 0.132. The van der Waals surface area contributed by atoms with Crippen LogP contribution in [0.2, 0.25) is 0 Å². The van der Waals surface area contributed by atoms with E-state index in [1.807, 2.05) is 23.9 Å². The van der Waals surface area contributed by atoms with Crippen molar-refractivity contribution in [3.8, 4) is 11.5 Å². The molecule has 0 fully saturated rings. The summed E-state index contributed by atoms with van der Waals surface area (Å²) in [5.74, 6) is 1.50. The maximum Gasteiger partial charge on any atom is 0.191 e. The molecule has 5 nitrogen and oxygen atoms in total. The number of benzene rings is 1. The van der Waals surface area contributed by atoms with Gasteiger partial charge in [-0.2, -0.15) is 11.8 Å². The summed E-state index contributed by atoms with van der Waals surface area (Å²) < 4.78 is 5.26. The van der Waals surface area contributed by atoms with Gasteiger partial charge in [-0.1, -0.05) is 6.07 Å². The molecule has 6 heteroatoms. The number of aromatic hydroxyl groups is 1. The number of methoxy groups -OCH3 is 1. The Hall–Kier alpha value is -1.56. The second-order valence-electron chi connectivity index (χ2n) is 5.84. The smallest absolute Gasteiger partial charge is 0.191 e. The van der Waals surface area contributed by atoms with Crippen molar-refractivity contribution in [3.63, 3.8) is 0 Å². The standard InChI is InChI=1S/C17H29N3O2S/c1-6-18-16(20-12-17(2,3)23-5)19-10-9-13-7-8-14(21)15(11-13)22-4/h7-8,11,21H,6,9-10,12H2,1-5H3,(H2,18,19,20). The lowest BCUT2D eigenvalue weighted by Gasteiger charge is -2.20. The average Bonchev–Trinajstić information content (AvgIpc) is 2.54. The lowest BCUT2D eigenvalue weighted by Crippen LogP contribution is -2.39. The Labute approximate surface area is 143 Å². The van der Waals surface area contributed by atoms with Crippen molar-refractivity contribution in [1.82, 2.24) is 10.6 Å². The first kappa shape index (κ1) is 19.5. The van der Waals surface area contributed by atoms with Gasteiger partial charge in [-0.3, -0.25) is 4.99 Å². The highest BCUT2D eigenvalue weighted by Gasteiger charge is 2.15. The average molecular weight is 340 g/mol. The van der Waals surface area contributed by atoms with Gasteiger partial charge in [0.15, 0.2) is 17.5 Å². The number of nitrogens with one attached hydrogen (secondary N) is 2. The molecule has 0 saturated carbocycles. The van der Waals surface area contributed by atoms with Gasteiger partial charge in [0.25, 0.3) is 0 Å². The highest BCUT2D eigenvalue weighted by Crippen LogP contribution is 2.26. The number of hydrogen-bond acceptors (Lipinski definition) is 4. The molecule has 0 bridgehead atoms. The van der Waals surface area contributed by atoms with E-state index in [1.165, 1.54) is 0 Å². The largest absolute Gasteiger partial charge is 0.504 e. The van der Waals surface area contributed by atoms with Crippen LogP contribution in [0.3, 0.4) is 0 Å². The summed E-state index contributed by atoms with van der Waals surface area (Å²) in [5.41, 5.74) is 1.10. The van der Waals surface area contributed by atoms with E-state index < -0.39 is 0 Å². The van der Waals surface area contributed by atoms with Crippen LogP contribution in [0.4, 0.5) is 0 Å². The third kappa shape index (κ3) is 7.03. The first-order chi connectivity index (χ1) is 10.9. The van der Waals surface area contributed by atoms with Crippen molar-refractivity contribution in [2.45, 2.75) is 31.9 Å². The summed E-state index contributed by atoms with van der Waals surface area (Å²) in [5, 5.41) is 16.2. The molecule has 0 aromatic heterocycles. The number of ether oxygens (including phenoxy) is 1. The number of guanidine groups is 1.